The van der Waals surface area contributed by atoms with Crippen LogP contribution in [0.5, 0.6) is 0 Å². The number of fused-ring (bicyclic) bond motifs is 4. The summed E-state index contributed by atoms with van der Waals surface area (Å²) in [4.78, 5) is 7.20. The standard InChI is InChI=1S/C17H9NS4/c1-3-7-12-10(5-1)19-14-9-15-17(18-16(14)21-12)22-13-8-4-2-6-11(13)20-15/h1-9H. The summed E-state index contributed by atoms with van der Waals surface area (Å²) >= 11 is 7.23. The van der Waals surface area contributed by atoms with Gasteiger partial charge in [0.1, 0.15) is 9.66 Å². The van der Waals surface area contributed by atoms with Gasteiger partial charge in [-0.05, 0) is 30.3 Å². The molecule has 0 spiro atoms. The zero-order valence-electron chi connectivity index (χ0n) is 11.3. The van der Waals surface area contributed by atoms with Gasteiger partial charge in [0.15, 0.2) is 0 Å². The minimum absolute atomic E-state index is 1.13. The van der Waals surface area contributed by atoms with Crippen molar-refractivity contribution in [2.75, 3.05) is 0 Å². The molecular formula is C17H9NS4. The third-order valence-corrected chi connectivity index (χ3v) is 8.33. The molecule has 3 aromatic heterocycles. The van der Waals surface area contributed by atoms with E-state index in [9.17, 15) is 0 Å². The SMILES string of the molecule is c1ccc2sc3nc4sc5ccccc5sc4cc3sc2c1. The maximum absolute atomic E-state index is 4.94. The van der Waals surface area contributed by atoms with Gasteiger partial charge in [0, 0.05) is 18.8 Å². The molecule has 0 saturated heterocycles. The van der Waals surface area contributed by atoms with Gasteiger partial charge in [0.25, 0.3) is 0 Å². The third kappa shape index (κ3) is 2.05. The average Bonchev–Trinajstić information content (AvgIpc) is 2.56. The van der Waals surface area contributed by atoms with Crippen molar-refractivity contribution in [1.82, 2.24) is 4.98 Å². The summed E-state index contributed by atoms with van der Waals surface area (Å²) in [5, 5.41) is 0. The lowest BCUT2D eigenvalue weighted by atomic mass is 10.4. The normalized spacial score (nSPS) is 11.6. The van der Waals surface area contributed by atoms with E-state index in [1.807, 2.05) is 22.7 Å². The molecule has 2 aromatic carbocycles. The second-order valence-corrected chi connectivity index (χ2v) is 9.13. The molecule has 0 atom stereocenters. The van der Waals surface area contributed by atoms with E-state index in [1.54, 1.807) is 22.7 Å². The first-order valence-electron chi connectivity index (χ1n) is 6.81. The smallest absolute Gasteiger partial charge is 0.135 e. The van der Waals surface area contributed by atoms with E-state index in [-0.39, 0.29) is 0 Å². The van der Waals surface area contributed by atoms with E-state index >= 15 is 0 Å². The van der Waals surface area contributed by atoms with Gasteiger partial charge in [-0.15, -0.1) is 45.3 Å². The minimum atomic E-state index is 1.13. The van der Waals surface area contributed by atoms with Crippen molar-refractivity contribution in [3.63, 3.8) is 0 Å². The van der Waals surface area contributed by atoms with Crippen molar-refractivity contribution in [3.05, 3.63) is 54.6 Å². The van der Waals surface area contributed by atoms with Gasteiger partial charge >= 0.3 is 0 Å². The molecule has 0 aliphatic heterocycles. The highest BCUT2D eigenvalue weighted by Crippen LogP contribution is 2.37. The molecule has 0 unspecified atom stereocenters. The number of pyridine rings is 1. The fourth-order valence-electron chi connectivity index (χ4n) is 2.42. The molecule has 5 heteroatoms. The van der Waals surface area contributed by atoms with Gasteiger partial charge in [-0.25, -0.2) is 4.98 Å². The van der Waals surface area contributed by atoms with Crippen LogP contribution in [0.3, 0.4) is 0 Å². The van der Waals surface area contributed by atoms with E-state index in [2.05, 4.69) is 54.6 Å². The van der Waals surface area contributed by atoms with Crippen LogP contribution in [0, 0.1) is 0 Å². The van der Waals surface area contributed by atoms with Gasteiger partial charge in [-0.3, -0.25) is 0 Å². The van der Waals surface area contributed by atoms with Gasteiger partial charge < -0.3 is 0 Å². The van der Waals surface area contributed by atoms with Crippen molar-refractivity contribution in [3.8, 4) is 0 Å². The second-order valence-electron chi connectivity index (χ2n) is 4.90. The monoisotopic (exact) mass is 355 g/mol. The highest BCUT2D eigenvalue weighted by molar-refractivity contribution is 7.38. The Kier molecular flexibility index (Phi) is 2.94. The Morgan fingerprint density at radius 3 is 1.36 bits per heavy atom. The summed E-state index contributed by atoms with van der Waals surface area (Å²) in [6.45, 7) is 0. The predicted octanol–water partition coefficient (Wildman–Crippen LogP) is 7.06. The molecule has 22 heavy (non-hydrogen) atoms. The molecule has 0 aliphatic carbocycles. The number of hydrogen-bond donors (Lipinski definition) is 0. The number of hydrogen-bond acceptors (Lipinski definition) is 5. The Morgan fingerprint density at radius 1 is 0.500 bits per heavy atom. The van der Waals surface area contributed by atoms with Crippen LogP contribution >= 0.6 is 45.3 Å². The molecule has 0 aliphatic rings. The minimum Gasteiger partial charge on any atom is -0.224 e. The van der Waals surface area contributed by atoms with Crippen molar-refractivity contribution in [2.24, 2.45) is 0 Å². The van der Waals surface area contributed by atoms with Gasteiger partial charge in [-0.1, -0.05) is 24.3 Å². The zero-order valence-corrected chi connectivity index (χ0v) is 14.5. The number of aromatic nitrogens is 1. The third-order valence-electron chi connectivity index (χ3n) is 3.44. The maximum Gasteiger partial charge on any atom is 0.135 e. The van der Waals surface area contributed by atoms with Crippen LogP contribution in [0.15, 0.2) is 54.6 Å². The van der Waals surface area contributed by atoms with Gasteiger partial charge in [-0.2, -0.15) is 0 Å². The average molecular weight is 356 g/mol. The first-order chi connectivity index (χ1) is 10.9. The molecule has 1 nitrogen and oxygen atoms in total. The lowest BCUT2D eigenvalue weighted by Crippen LogP contribution is -1.77. The Hall–Kier alpha value is -1.53. The van der Waals surface area contributed by atoms with E-state index in [0.717, 1.165) is 9.66 Å². The predicted molar refractivity (Wildman–Crippen MR) is 103 cm³/mol. The van der Waals surface area contributed by atoms with Gasteiger partial charge in [0.05, 0.1) is 9.40 Å². The summed E-state index contributed by atoms with van der Waals surface area (Å²) in [5.74, 6) is 0. The van der Waals surface area contributed by atoms with Crippen molar-refractivity contribution in [2.45, 2.75) is 0 Å². The van der Waals surface area contributed by atoms with Gasteiger partial charge in [0.2, 0.25) is 0 Å². The largest absolute Gasteiger partial charge is 0.224 e. The van der Waals surface area contributed by atoms with E-state index in [0.29, 0.717) is 0 Å². The second kappa shape index (κ2) is 4.99. The van der Waals surface area contributed by atoms with Crippen LogP contribution in [-0.2, 0) is 0 Å². The molecule has 0 radical (unpaired) electrons. The molecular weight excluding hydrogens is 346 g/mol. The molecule has 0 bridgehead atoms. The molecule has 0 saturated carbocycles. The van der Waals surface area contributed by atoms with Crippen LogP contribution in [-0.4, -0.2) is 4.98 Å². The van der Waals surface area contributed by atoms with Crippen LogP contribution < -0.4 is 0 Å². The summed E-state index contributed by atoms with van der Waals surface area (Å²) in [6.07, 6.45) is 0. The first-order valence-corrected chi connectivity index (χ1v) is 10.1. The van der Waals surface area contributed by atoms with E-state index in [4.69, 9.17) is 4.98 Å². The van der Waals surface area contributed by atoms with Crippen molar-refractivity contribution < 1.29 is 0 Å². The van der Waals surface area contributed by atoms with E-state index in [1.165, 1.54) is 28.2 Å². The zero-order chi connectivity index (χ0) is 14.5. The molecule has 106 valence electrons. The Bertz CT molecular complexity index is 1000. The van der Waals surface area contributed by atoms with Crippen LogP contribution in [0.4, 0.5) is 0 Å². The first kappa shape index (κ1) is 13.0. The lowest BCUT2D eigenvalue weighted by Gasteiger charge is -2.03. The highest BCUT2D eigenvalue weighted by atomic mass is 32.1. The lowest BCUT2D eigenvalue weighted by molar-refractivity contribution is 1.61. The molecule has 5 aromatic rings. The fourth-order valence-corrected chi connectivity index (χ4v) is 6.92. The number of rotatable bonds is 0. The van der Waals surface area contributed by atoms with Crippen LogP contribution in [0.2, 0.25) is 0 Å². The summed E-state index contributed by atoms with van der Waals surface area (Å²) < 4.78 is 7.82. The Morgan fingerprint density at radius 2 is 0.909 bits per heavy atom. The maximum atomic E-state index is 4.94. The molecule has 0 amide bonds. The highest BCUT2D eigenvalue weighted by Gasteiger charge is 2.06. The fraction of sp³-hybridized carbons (Fsp3) is 0. The number of nitrogens with zero attached hydrogens (tertiary/aromatic N) is 1. The molecule has 3 heterocycles. The van der Waals surface area contributed by atoms with Crippen LogP contribution in [0.25, 0.3) is 37.9 Å². The summed E-state index contributed by atoms with van der Waals surface area (Å²) in [6, 6.07) is 19.4. The molecule has 5 rings (SSSR count). The Balaban J connectivity index is 1.93. The summed E-state index contributed by atoms with van der Waals surface area (Å²) in [5.41, 5.74) is 0. The molecule has 0 fully saturated rings. The molecule has 0 N–H and O–H groups in total. The van der Waals surface area contributed by atoms with Crippen LogP contribution in [0.1, 0.15) is 0 Å². The van der Waals surface area contributed by atoms with E-state index < -0.39 is 0 Å². The topological polar surface area (TPSA) is 12.9 Å². The van der Waals surface area contributed by atoms with Crippen molar-refractivity contribution in [1.29, 1.82) is 0 Å². The number of benzene rings is 2. The Labute approximate surface area is 142 Å². The van der Waals surface area contributed by atoms with Crippen molar-refractivity contribution >= 4 is 83.2 Å². The summed E-state index contributed by atoms with van der Waals surface area (Å²) in [7, 11) is 0. The quantitative estimate of drug-likeness (QED) is 0.271.